The number of rotatable bonds is 4. The molecule has 6 heteroatoms. The van der Waals surface area contributed by atoms with Gasteiger partial charge in [-0.3, -0.25) is 9.69 Å². The second-order valence-corrected chi connectivity index (χ2v) is 5.22. The van der Waals surface area contributed by atoms with E-state index in [2.05, 4.69) is 4.99 Å². The number of benzene rings is 2. The van der Waals surface area contributed by atoms with Crippen LogP contribution in [0.2, 0.25) is 0 Å². The van der Waals surface area contributed by atoms with Crippen LogP contribution in [-0.2, 0) is 6.54 Å². The average Bonchev–Trinajstić information content (AvgIpc) is 2.65. The van der Waals surface area contributed by atoms with Gasteiger partial charge in [0.1, 0.15) is 0 Å². The fourth-order valence-electron chi connectivity index (χ4n) is 2.62. The highest BCUT2D eigenvalue weighted by atomic mass is 16.5. The van der Waals surface area contributed by atoms with E-state index in [0.29, 0.717) is 29.4 Å². The molecular formula is C18H18N2O4. The monoisotopic (exact) mass is 326 g/mol. The minimum atomic E-state index is -0.187. The molecule has 0 saturated carbocycles. The molecule has 1 heterocycles. The summed E-state index contributed by atoms with van der Waals surface area (Å²) in [6.07, 6.45) is 1.55. The predicted molar refractivity (Wildman–Crippen MR) is 90.6 cm³/mol. The summed E-state index contributed by atoms with van der Waals surface area (Å²) in [4.78, 5) is 18.7. The lowest BCUT2D eigenvalue weighted by molar-refractivity contribution is 0.0843. The zero-order chi connectivity index (χ0) is 17.1. The summed E-state index contributed by atoms with van der Waals surface area (Å²) in [5, 5.41) is 0. The molecule has 0 radical (unpaired) electrons. The first kappa shape index (κ1) is 15.9. The molecule has 0 fully saturated rings. The van der Waals surface area contributed by atoms with Crippen molar-refractivity contribution in [2.45, 2.75) is 6.54 Å². The molecule has 124 valence electrons. The first-order valence-corrected chi connectivity index (χ1v) is 7.41. The molecule has 2 aromatic carbocycles. The molecule has 0 unspecified atom stereocenters. The second kappa shape index (κ2) is 6.62. The number of nitrogens with zero attached hydrogens (tertiary/aromatic N) is 2. The van der Waals surface area contributed by atoms with Crippen molar-refractivity contribution in [3.05, 3.63) is 47.5 Å². The third-order valence-electron chi connectivity index (χ3n) is 3.84. The van der Waals surface area contributed by atoms with Crippen LogP contribution < -0.4 is 14.2 Å². The van der Waals surface area contributed by atoms with Gasteiger partial charge in [0.25, 0.3) is 5.91 Å². The number of carbonyl (C=O) groups is 1. The third-order valence-corrected chi connectivity index (χ3v) is 3.84. The number of para-hydroxylation sites is 1. The molecule has 24 heavy (non-hydrogen) atoms. The van der Waals surface area contributed by atoms with Crippen LogP contribution in [0.1, 0.15) is 15.9 Å². The zero-order valence-corrected chi connectivity index (χ0v) is 13.8. The van der Waals surface area contributed by atoms with Crippen LogP contribution in [0.5, 0.6) is 17.2 Å². The lowest BCUT2D eigenvalue weighted by atomic mass is 10.1. The number of amides is 1. The largest absolute Gasteiger partial charge is 0.493 e. The molecule has 2 aromatic rings. The van der Waals surface area contributed by atoms with Gasteiger partial charge in [-0.25, -0.2) is 4.99 Å². The Bertz CT molecular complexity index is 776. The Balaban J connectivity index is 1.94. The van der Waals surface area contributed by atoms with E-state index in [1.807, 2.05) is 24.3 Å². The summed E-state index contributed by atoms with van der Waals surface area (Å²) in [6.45, 7) is 0.467. The molecule has 6 nitrogen and oxygen atoms in total. The number of fused-ring (bicyclic) bond motifs is 1. The maximum atomic E-state index is 12.8. The van der Waals surface area contributed by atoms with Crippen LogP contribution in [0.3, 0.4) is 0 Å². The summed E-state index contributed by atoms with van der Waals surface area (Å²) in [7, 11) is 4.56. The molecule has 1 amide bonds. The van der Waals surface area contributed by atoms with Gasteiger partial charge in [0.05, 0.1) is 39.9 Å². The summed E-state index contributed by atoms with van der Waals surface area (Å²) in [6, 6.07) is 11.0. The number of hydrogen-bond donors (Lipinski definition) is 0. The quantitative estimate of drug-likeness (QED) is 0.866. The summed E-state index contributed by atoms with van der Waals surface area (Å²) < 4.78 is 15.9. The van der Waals surface area contributed by atoms with Gasteiger partial charge in [-0.15, -0.1) is 0 Å². The fraction of sp³-hybridized carbons (Fsp3) is 0.222. The highest BCUT2D eigenvalue weighted by Gasteiger charge is 2.22. The number of hydrogen-bond acceptors (Lipinski definition) is 5. The Hall–Kier alpha value is -3.02. The summed E-state index contributed by atoms with van der Waals surface area (Å²) >= 11 is 0. The molecule has 0 atom stereocenters. The van der Waals surface area contributed by atoms with E-state index in [1.54, 1.807) is 23.4 Å². The smallest absolute Gasteiger partial charge is 0.259 e. The predicted octanol–water partition coefficient (Wildman–Crippen LogP) is 3.03. The van der Waals surface area contributed by atoms with Crippen molar-refractivity contribution in [2.24, 2.45) is 4.99 Å². The van der Waals surface area contributed by atoms with Crippen molar-refractivity contribution in [1.29, 1.82) is 0 Å². The number of methoxy groups -OCH3 is 3. The van der Waals surface area contributed by atoms with Crippen molar-refractivity contribution >= 4 is 17.9 Å². The van der Waals surface area contributed by atoms with Crippen molar-refractivity contribution < 1.29 is 19.0 Å². The molecule has 0 saturated heterocycles. The average molecular weight is 326 g/mol. The molecule has 0 spiro atoms. The maximum Gasteiger partial charge on any atom is 0.259 e. The van der Waals surface area contributed by atoms with Crippen molar-refractivity contribution in [3.63, 3.8) is 0 Å². The van der Waals surface area contributed by atoms with E-state index in [9.17, 15) is 4.79 Å². The van der Waals surface area contributed by atoms with Gasteiger partial charge < -0.3 is 14.2 Å². The van der Waals surface area contributed by atoms with Crippen LogP contribution in [-0.4, -0.2) is 38.5 Å². The van der Waals surface area contributed by atoms with Gasteiger partial charge in [0.2, 0.25) is 5.75 Å². The number of aliphatic imine (C=N–C) groups is 1. The molecular weight excluding hydrogens is 308 g/mol. The third kappa shape index (κ3) is 2.78. The molecule has 1 aliphatic heterocycles. The first-order chi connectivity index (χ1) is 11.7. The highest BCUT2D eigenvalue weighted by molar-refractivity contribution is 6.02. The Kier molecular flexibility index (Phi) is 4.37. The molecule has 1 aliphatic rings. The zero-order valence-electron chi connectivity index (χ0n) is 13.8. The Morgan fingerprint density at radius 1 is 1.04 bits per heavy atom. The van der Waals surface area contributed by atoms with E-state index in [4.69, 9.17) is 14.2 Å². The van der Waals surface area contributed by atoms with E-state index in [-0.39, 0.29) is 5.91 Å². The van der Waals surface area contributed by atoms with Crippen molar-refractivity contribution in [3.8, 4) is 17.2 Å². The molecule has 0 bridgehead atoms. The first-order valence-electron chi connectivity index (χ1n) is 7.41. The Morgan fingerprint density at radius 2 is 1.71 bits per heavy atom. The summed E-state index contributed by atoms with van der Waals surface area (Å²) in [5.74, 6) is 1.14. The minimum absolute atomic E-state index is 0.187. The van der Waals surface area contributed by atoms with Crippen LogP contribution in [0.25, 0.3) is 0 Å². The van der Waals surface area contributed by atoms with Crippen molar-refractivity contribution in [1.82, 2.24) is 4.90 Å². The van der Waals surface area contributed by atoms with E-state index in [0.717, 1.165) is 11.3 Å². The van der Waals surface area contributed by atoms with Crippen LogP contribution in [0.15, 0.2) is 41.4 Å². The summed E-state index contributed by atoms with van der Waals surface area (Å²) in [5.41, 5.74) is 2.32. The Morgan fingerprint density at radius 3 is 2.33 bits per heavy atom. The number of ether oxygens (including phenoxy) is 3. The van der Waals surface area contributed by atoms with Crippen LogP contribution >= 0.6 is 0 Å². The van der Waals surface area contributed by atoms with Gasteiger partial charge in [-0.2, -0.15) is 0 Å². The lowest BCUT2D eigenvalue weighted by Gasteiger charge is -2.23. The van der Waals surface area contributed by atoms with Gasteiger partial charge >= 0.3 is 0 Å². The lowest BCUT2D eigenvalue weighted by Crippen LogP contribution is -2.30. The highest BCUT2D eigenvalue weighted by Crippen LogP contribution is 2.38. The molecule has 0 aliphatic carbocycles. The maximum absolute atomic E-state index is 12.8. The van der Waals surface area contributed by atoms with E-state index in [1.165, 1.54) is 21.3 Å². The second-order valence-electron chi connectivity index (χ2n) is 5.22. The molecule has 0 N–H and O–H groups in total. The SMILES string of the molecule is COc1cc(C(=O)N2C=Nc3ccccc3C2)cc(OC)c1OC. The topological polar surface area (TPSA) is 60.4 Å². The van der Waals surface area contributed by atoms with Gasteiger partial charge in [0, 0.05) is 5.56 Å². The molecule has 3 rings (SSSR count). The van der Waals surface area contributed by atoms with Gasteiger partial charge in [-0.05, 0) is 23.8 Å². The van der Waals surface area contributed by atoms with Gasteiger partial charge in [0.15, 0.2) is 11.5 Å². The van der Waals surface area contributed by atoms with Crippen LogP contribution in [0.4, 0.5) is 5.69 Å². The fourth-order valence-corrected chi connectivity index (χ4v) is 2.62. The Labute approximate surface area is 140 Å². The van der Waals surface area contributed by atoms with E-state index >= 15 is 0 Å². The van der Waals surface area contributed by atoms with E-state index < -0.39 is 0 Å². The number of carbonyl (C=O) groups excluding carboxylic acids is 1. The normalized spacial score (nSPS) is 12.5. The van der Waals surface area contributed by atoms with Crippen molar-refractivity contribution in [2.75, 3.05) is 21.3 Å². The minimum Gasteiger partial charge on any atom is -0.493 e. The van der Waals surface area contributed by atoms with Gasteiger partial charge in [-0.1, -0.05) is 18.2 Å². The van der Waals surface area contributed by atoms with Crippen LogP contribution in [0, 0.1) is 0 Å². The standard InChI is InChI=1S/C18H18N2O4/c1-22-15-8-13(9-16(23-2)17(15)24-3)18(21)20-10-12-6-4-5-7-14(12)19-11-20/h4-9,11H,10H2,1-3H3. The molecule has 0 aromatic heterocycles.